The number of aliphatic carboxylic acids is 1. The third kappa shape index (κ3) is 3.64. The van der Waals surface area contributed by atoms with E-state index in [0.717, 1.165) is 11.1 Å². The molecule has 0 fully saturated rings. The van der Waals surface area contributed by atoms with E-state index in [1.54, 1.807) is 19.1 Å². The number of aliphatic hydroxyl groups excluding tert-OH is 1. The summed E-state index contributed by atoms with van der Waals surface area (Å²) in [6.07, 6.45) is -0.00725. The molecule has 0 amide bonds. The maximum absolute atomic E-state index is 10.4. The Morgan fingerprint density at radius 3 is 2.25 bits per heavy atom. The zero-order chi connectivity index (χ0) is 12.1. The van der Waals surface area contributed by atoms with Crippen molar-refractivity contribution in [2.75, 3.05) is 0 Å². The number of hydrogen-bond donors (Lipinski definition) is 3. The molecule has 1 aromatic rings. The van der Waals surface area contributed by atoms with Gasteiger partial charge in [0, 0.05) is 12.5 Å². The second kappa shape index (κ2) is 5.63. The molecule has 88 valence electrons. The summed E-state index contributed by atoms with van der Waals surface area (Å²) >= 11 is 0. The fraction of sp³-hybridized carbons (Fsp3) is 0.417. The van der Waals surface area contributed by atoms with Crippen LogP contribution in [0.2, 0.25) is 0 Å². The molecule has 0 saturated heterocycles. The summed E-state index contributed by atoms with van der Waals surface area (Å²) in [5.41, 5.74) is 7.57. The molecule has 0 radical (unpaired) electrons. The highest BCUT2D eigenvalue weighted by Crippen LogP contribution is 2.19. The maximum atomic E-state index is 10.4. The monoisotopic (exact) mass is 223 g/mol. The summed E-state index contributed by atoms with van der Waals surface area (Å²) < 4.78 is 0. The molecule has 0 bridgehead atoms. The van der Waals surface area contributed by atoms with Crippen molar-refractivity contribution in [3.63, 3.8) is 0 Å². The number of hydrogen-bond acceptors (Lipinski definition) is 3. The van der Waals surface area contributed by atoms with Gasteiger partial charge < -0.3 is 15.9 Å². The largest absolute Gasteiger partial charge is 0.481 e. The highest BCUT2D eigenvalue weighted by atomic mass is 16.4. The zero-order valence-corrected chi connectivity index (χ0v) is 9.26. The quantitative estimate of drug-likeness (QED) is 0.708. The summed E-state index contributed by atoms with van der Waals surface area (Å²) in [6, 6.07) is 7.00. The molecule has 4 heteroatoms. The van der Waals surface area contributed by atoms with Gasteiger partial charge in [-0.25, -0.2) is 0 Å². The first-order chi connectivity index (χ1) is 7.50. The van der Waals surface area contributed by atoms with Gasteiger partial charge in [-0.2, -0.15) is 0 Å². The molecule has 0 aliphatic heterocycles. The first-order valence-electron chi connectivity index (χ1n) is 5.26. The average Bonchev–Trinajstić information content (AvgIpc) is 2.26. The Balaban J connectivity index is 2.62. The Morgan fingerprint density at radius 1 is 1.31 bits per heavy atom. The number of rotatable bonds is 5. The number of carboxylic acid groups (broad SMARTS) is 1. The van der Waals surface area contributed by atoms with Crippen molar-refractivity contribution in [3.05, 3.63) is 35.4 Å². The van der Waals surface area contributed by atoms with Crippen molar-refractivity contribution in [1.82, 2.24) is 0 Å². The number of nitrogens with two attached hydrogens (primary N) is 1. The van der Waals surface area contributed by atoms with Crippen molar-refractivity contribution in [2.24, 2.45) is 5.73 Å². The average molecular weight is 223 g/mol. The lowest BCUT2D eigenvalue weighted by molar-refractivity contribution is -0.137. The van der Waals surface area contributed by atoms with Crippen LogP contribution in [0.25, 0.3) is 0 Å². The van der Waals surface area contributed by atoms with Gasteiger partial charge in [0.15, 0.2) is 0 Å². The van der Waals surface area contributed by atoms with E-state index in [1.807, 2.05) is 12.1 Å². The van der Waals surface area contributed by atoms with Gasteiger partial charge >= 0.3 is 5.97 Å². The molecular weight excluding hydrogens is 206 g/mol. The molecule has 0 spiro atoms. The predicted molar refractivity (Wildman–Crippen MR) is 60.9 cm³/mol. The van der Waals surface area contributed by atoms with Crippen LogP contribution in [0.15, 0.2) is 24.3 Å². The Morgan fingerprint density at radius 2 is 1.81 bits per heavy atom. The molecule has 2 unspecified atom stereocenters. The number of aliphatic hydroxyl groups is 1. The lowest BCUT2D eigenvalue weighted by atomic mass is 10.0. The van der Waals surface area contributed by atoms with Gasteiger partial charge in [0.2, 0.25) is 0 Å². The number of carboxylic acids is 1. The van der Waals surface area contributed by atoms with Crippen LogP contribution in [-0.2, 0) is 4.79 Å². The Hall–Kier alpha value is -1.39. The van der Waals surface area contributed by atoms with Gasteiger partial charge in [-0.05, 0) is 24.5 Å². The van der Waals surface area contributed by atoms with Crippen LogP contribution >= 0.6 is 0 Å². The van der Waals surface area contributed by atoms with E-state index in [9.17, 15) is 9.90 Å². The van der Waals surface area contributed by atoms with Crippen molar-refractivity contribution >= 4 is 5.97 Å². The Bertz CT molecular complexity index is 346. The smallest absolute Gasteiger partial charge is 0.303 e. The fourth-order valence-corrected chi connectivity index (χ4v) is 1.47. The van der Waals surface area contributed by atoms with Gasteiger partial charge in [-0.3, -0.25) is 4.79 Å². The number of carbonyl (C=O) groups is 1. The lowest BCUT2D eigenvalue weighted by Crippen LogP contribution is -2.12. The molecule has 16 heavy (non-hydrogen) atoms. The Kier molecular flexibility index (Phi) is 4.46. The van der Waals surface area contributed by atoms with Gasteiger partial charge in [0.05, 0.1) is 6.10 Å². The topological polar surface area (TPSA) is 83.5 Å². The van der Waals surface area contributed by atoms with E-state index in [-0.39, 0.29) is 12.5 Å². The van der Waals surface area contributed by atoms with E-state index < -0.39 is 12.1 Å². The van der Waals surface area contributed by atoms with Crippen molar-refractivity contribution in [3.8, 4) is 0 Å². The minimum Gasteiger partial charge on any atom is -0.481 e. The molecule has 1 aromatic carbocycles. The van der Waals surface area contributed by atoms with Gasteiger partial charge in [-0.1, -0.05) is 24.3 Å². The number of benzene rings is 1. The molecule has 0 heterocycles. The molecule has 2 atom stereocenters. The molecule has 1 rings (SSSR count). The van der Waals surface area contributed by atoms with E-state index in [1.165, 1.54) is 0 Å². The summed E-state index contributed by atoms with van der Waals surface area (Å²) in [5.74, 6) is -0.837. The van der Waals surface area contributed by atoms with Crippen molar-refractivity contribution < 1.29 is 15.0 Å². The summed E-state index contributed by atoms with van der Waals surface area (Å²) in [7, 11) is 0. The standard InChI is InChI=1S/C12H17NO3/c1-8(14)9-2-4-10(5-3-9)11(13)6-7-12(15)16/h2-5,8,11,14H,6-7,13H2,1H3,(H,15,16). The summed E-state index contributed by atoms with van der Waals surface area (Å²) in [6.45, 7) is 1.69. The summed E-state index contributed by atoms with van der Waals surface area (Å²) in [5, 5.41) is 17.9. The third-order valence-electron chi connectivity index (χ3n) is 2.52. The fourth-order valence-electron chi connectivity index (χ4n) is 1.47. The second-order valence-corrected chi connectivity index (χ2v) is 3.88. The van der Waals surface area contributed by atoms with Crippen LogP contribution in [0.4, 0.5) is 0 Å². The first kappa shape index (κ1) is 12.7. The predicted octanol–water partition coefficient (Wildman–Crippen LogP) is 1.60. The van der Waals surface area contributed by atoms with Gasteiger partial charge in [-0.15, -0.1) is 0 Å². The molecule has 0 aliphatic rings. The molecule has 0 saturated carbocycles. The van der Waals surface area contributed by atoms with Crippen LogP contribution in [-0.4, -0.2) is 16.2 Å². The van der Waals surface area contributed by atoms with Gasteiger partial charge in [0.1, 0.15) is 0 Å². The van der Waals surface area contributed by atoms with Crippen LogP contribution in [0, 0.1) is 0 Å². The first-order valence-corrected chi connectivity index (χ1v) is 5.26. The normalized spacial score (nSPS) is 14.4. The molecule has 0 aromatic heterocycles. The second-order valence-electron chi connectivity index (χ2n) is 3.88. The van der Waals surface area contributed by atoms with Crippen LogP contribution in [0.5, 0.6) is 0 Å². The van der Waals surface area contributed by atoms with E-state index >= 15 is 0 Å². The van der Waals surface area contributed by atoms with Crippen LogP contribution in [0.1, 0.15) is 43.0 Å². The van der Waals surface area contributed by atoms with E-state index in [0.29, 0.717) is 6.42 Å². The molecular formula is C12H17NO3. The molecule has 0 aliphatic carbocycles. The van der Waals surface area contributed by atoms with E-state index in [2.05, 4.69) is 0 Å². The SMILES string of the molecule is CC(O)c1ccc(C(N)CCC(=O)O)cc1. The van der Waals surface area contributed by atoms with Crippen molar-refractivity contribution in [1.29, 1.82) is 0 Å². The molecule has 4 nitrogen and oxygen atoms in total. The van der Waals surface area contributed by atoms with Gasteiger partial charge in [0.25, 0.3) is 0 Å². The van der Waals surface area contributed by atoms with E-state index in [4.69, 9.17) is 10.8 Å². The minimum atomic E-state index is -0.837. The molecule has 4 N–H and O–H groups in total. The highest BCUT2D eigenvalue weighted by molar-refractivity contribution is 5.66. The third-order valence-corrected chi connectivity index (χ3v) is 2.52. The Labute approximate surface area is 94.7 Å². The lowest BCUT2D eigenvalue weighted by Gasteiger charge is -2.12. The summed E-state index contributed by atoms with van der Waals surface area (Å²) in [4.78, 5) is 10.4. The van der Waals surface area contributed by atoms with Crippen LogP contribution < -0.4 is 5.73 Å². The van der Waals surface area contributed by atoms with Crippen LogP contribution in [0.3, 0.4) is 0 Å². The van der Waals surface area contributed by atoms with Crippen molar-refractivity contribution in [2.45, 2.75) is 31.9 Å². The zero-order valence-electron chi connectivity index (χ0n) is 9.26. The maximum Gasteiger partial charge on any atom is 0.303 e. The highest BCUT2D eigenvalue weighted by Gasteiger charge is 2.09. The minimum absolute atomic E-state index is 0.0688.